The summed E-state index contributed by atoms with van der Waals surface area (Å²) in [6, 6.07) is 0. The lowest BCUT2D eigenvalue weighted by molar-refractivity contribution is 1.49. The Morgan fingerprint density at radius 2 is 1.89 bits per heavy atom. The lowest BCUT2D eigenvalue weighted by Gasteiger charge is -2.16. The van der Waals surface area contributed by atoms with Crippen LogP contribution in [0.4, 0.5) is 0 Å². The van der Waals surface area contributed by atoms with E-state index >= 15 is 0 Å². The second kappa shape index (κ2) is 3.42. The number of rotatable bonds is 2. The van der Waals surface area contributed by atoms with Gasteiger partial charge in [0.15, 0.2) is 0 Å². The van der Waals surface area contributed by atoms with E-state index in [0.29, 0.717) is 5.88 Å². The minimum atomic E-state index is -1.00. The third kappa shape index (κ3) is 3.76. The quantitative estimate of drug-likeness (QED) is 0.433. The molecule has 0 radical (unpaired) electrons. The van der Waals surface area contributed by atoms with Gasteiger partial charge in [0.05, 0.1) is 8.07 Å². The van der Waals surface area contributed by atoms with Crippen LogP contribution in [-0.2, 0) is 0 Å². The van der Waals surface area contributed by atoms with Gasteiger partial charge in [-0.3, -0.25) is 0 Å². The minimum Gasteiger partial charge on any atom is -0.122 e. The Hall–Kier alpha value is 0.247. The molecule has 0 saturated carbocycles. The fraction of sp³-hybridized carbons (Fsp3) is 0.714. The van der Waals surface area contributed by atoms with Gasteiger partial charge < -0.3 is 0 Å². The second-order valence-corrected chi connectivity index (χ2v) is 8.89. The van der Waals surface area contributed by atoms with Crippen molar-refractivity contribution in [2.24, 2.45) is 0 Å². The van der Waals surface area contributed by atoms with Crippen molar-refractivity contribution < 1.29 is 0 Å². The molecule has 0 fully saturated rings. The van der Waals surface area contributed by atoms with Gasteiger partial charge >= 0.3 is 0 Å². The fourth-order valence-corrected chi connectivity index (χ4v) is 1.50. The van der Waals surface area contributed by atoms with E-state index in [9.17, 15) is 0 Å². The topological polar surface area (TPSA) is 0 Å². The van der Waals surface area contributed by atoms with Gasteiger partial charge in [-0.2, -0.15) is 0 Å². The maximum Gasteiger partial charge on any atom is 0.0717 e. The monoisotopic (exact) mass is 162 g/mol. The summed E-state index contributed by atoms with van der Waals surface area (Å²) in [5.41, 5.74) is 0. The molecule has 0 aliphatic rings. The molecule has 54 valence electrons. The number of alkyl halides is 1. The first-order valence-corrected chi connectivity index (χ1v) is 7.25. The van der Waals surface area contributed by atoms with Crippen LogP contribution in [0.25, 0.3) is 0 Å². The summed E-state index contributed by atoms with van der Waals surface area (Å²) in [5.74, 6) is 0.663. The van der Waals surface area contributed by atoms with Crippen molar-refractivity contribution in [3.05, 3.63) is 11.3 Å². The summed E-state index contributed by atoms with van der Waals surface area (Å²) >= 11 is 5.55. The smallest absolute Gasteiger partial charge is 0.0717 e. The highest BCUT2D eigenvalue weighted by atomic mass is 35.5. The normalized spacial score (nSPS) is 14.1. The molecule has 0 aromatic rings. The zero-order valence-corrected chi connectivity index (χ0v) is 8.42. The van der Waals surface area contributed by atoms with Gasteiger partial charge in [0.1, 0.15) is 0 Å². The van der Waals surface area contributed by atoms with Gasteiger partial charge in [-0.1, -0.05) is 30.9 Å². The van der Waals surface area contributed by atoms with Crippen molar-refractivity contribution in [1.29, 1.82) is 0 Å². The molecule has 0 N–H and O–H groups in total. The molecule has 0 aromatic carbocycles. The molecular formula is C7H15ClSi. The molecule has 0 amide bonds. The van der Waals surface area contributed by atoms with Gasteiger partial charge in [0.2, 0.25) is 0 Å². The highest BCUT2D eigenvalue weighted by Gasteiger charge is 2.13. The highest BCUT2D eigenvalue weighted by molar-refractivity contribution is 6.82. The number of hydrogen-bond acceptors (Lipinski definition) is 0. The molecule has 0 nitrogen and oxygen atoms in total. The van der Waals surface area contributed by atoms with Crippen LogP contribution in [0.3, 0.4) is 0 Å². The number of halogens is 1. The van der Waals surface area contributed by atoms with E-state index < -0.39 is 8.07 Å². The van der Waals surface area contributed by atoms with E-state index in [-0.39, 0.29) is 0 Å². The van der Waals surface area contributed by atoms with Gasteiger partial charge in [0, 0.05) is 5.88 Å². The van der Waals surface area contributed by atoms with Crippen LogP contribution in [0.5, 0.6) is 0 Å². The van der Waals surface area contributed by atoms with Crippen molar-refractivity contribution >= 4 is 19.7 Å². The molecule has 0 bridgehead atoms. The van der Waals surface area contributed by atoms with Gasteiger partial charge in [0.25, 0.3) is 0 Å². The number of hydrogen-bond donors (Lipinski definition) is 0. The molecule has 0 aliphatic heterocycles. The van der Waals surface area contributed by atoms with E-state index in [1.807, 2.05) is 0 Å². The molecular weight excluding hydrogens is 148 g/mol. The first-order valence-electron chi connectivity index (χ1n) is 3.21. The van der Waals surface area contributed by atoms with Crippen LogP contribution in [0, 0.1) is 0 Å². The Labute approximate surface area is 63.9 Å². The fourth-order valence-electron chi connectivity index (χ4n) is 0.422. The summed E-state index contributed by atoms with van der Waals surface area (Å²) < 4.78 is 0. The Bertz CT molecular complexity index is 111. The van der Waals surface area contributed by atoms with E-state index in [0.717, 1.165) is 0 Å². The molecule has 9 heavy (non-hydrogen) atoms. The van der Waals surface area contributed by atoms with Crippen LogP contribution in [-0.4, -0.2) is 14.0 Å². The van der Waals surface area contributed by atoms with Crippen molar-refractivity contribution in [2.75, 3.05) is 5.88 Å². The molecule has 0 unspecified atom stereocenters. The lowest BCUT2D eigenvalue weighted by Crippen LogP contribution is -2.21. The zero-order valence-electron chi connectivity index (χ0n) is 6.66. The molecule has 0 aliphatic carbocycles. The Morgan fingerprint density at radius 1 is 1.44 bits per heavy atom. The maximum atomic E-state index is 5.55. The summed E-state index contributed by atoms with van der Waals surface area (Å²) in [4.78, 5) is 0. The SMILES string of the molecule is CC(=CCCl)[Si](C)(C)C. The first kappa shape index (κ1) is 9.25. The minimum absolute atomic E-state index is 0.663. The third-order valence-corrected chi connectivity index (χ3v) is 4.29. The molecule has 0 saturated heterocycles. The summed E-state index contributed by atoms with van der Waals surface area (Å²) in [6.07, 6.45) is 2.12. The largest absolute Gasteiger partial charge is 0.122 e. The van der Waals surface area contributed by atoms with Gasteiger partial charge in [-0.05, 0) is 6.92 Å². The molecule has 0 rings (SSSR count). The highest BCUT2D eigenvalue weighted by Crippen LogP contribution is 2.12. The lowest BCUT2D eigenvalue weighted by atomic mass is 10.6. The first-order chi connectivity index (χ1) is 3.98. The molecule has 0 aromatic heterocycles. The summed E-state index contributed by atoms with van der Waals surface area (Å²) in [6.45, 7) is 9.15. The van der Waals surface area contributed by atoms with Gasteiger partial charge in [-0.15, -0.1) is 11.6 Å². The van der Waals surface area contributed by atoms with Crippen LogP contribution >= 0.6 is 11.6 Å². The molecule has 2 heteroatoms. The van der Waals surface area contributed by atoms with Crippen molar-refractivity contribution in [2.45, 2.75) is 26.6 Å². The van der Waals surface area contributed by atoms with Crippen molar-refractivity contribution in [3.63, 3.8) is 0 Å². The average molecular weight is 163 g/mol. The zero-order chi connectivity index (χ0) is 7.49. The Morgan fingerprint density at radius 3 is 2.00 bits per heavy atom. The Balaban J connectivity index is 4.03. The Kier molecular flexibility index (Phi) is 3.52. The van der Waals surface area contributed by atoms with E-state index in [1.165, 1.54) is 5.20 Å². The van der Waals surface area contributed by atoms with Crippen LogP contribution in [0.1, 0.15) is 6.92 Å². The van der Waals surface area contributed by atoms with Gasteiger partial charge in [-0.25, -0.2) is 0 Å². The molecule has 0 heterocycles. The standard InChI is InChI=1S/C7H15ClSi/c1-7(5-6-8)9(2,3)4/h5H,6H2,1-4H3. The predicted molar refractivity (Wildman–Crippen MR) is 47.8 cm³/mol. The van der Waals surface area contributed by atoms with Crippen LogP contribution in [0.2, 0.25) is 19.6 Å². The van der Waals surface area contributed by atoms with E-state index in [2.05, 4.69) is 32.6 Å². The predicted octanol–water partition coefficient (Wildman–Crippen LogP) is 3.05. The van der Waals surface area contributed by atoms with Crippen LogP contribution in [0.15, 0.2) is 11.3 Å². The maximum absolute atomic E-state index is 5.55. The summed E-state index contributed by atoms with van der Waals surface area (Å²) in [5, 5.41) is 1.50. The van der Waals surface area contributed by atoms with Crippen molar-refractivity contribution in [3.8, 4) is 0 Å². The van der Waals surface area contributed by atoms with Crippen molar-refractivity contribution in [1.82, 2.24) is 0 Å². The molecule has 0 spiro atoms. The van der Waals surface area contributed by atoms with Crippen LogP contribution < -0.4 is 0 Å². The average Bonchev–Trinajstić information content (AvgIpc) is 1.64. The van der Waals surface area contributed by atoms with E-state index in [1.54, 1.807) is 0 Å². The van der Waals surface area contributed by atoms with E-state index in [4.69, 9.17) is 11.6 Å². The summed E-state index contributed by atoms with van der Waals surface area (Å²) in [7, 11) is -1.00. The second-order valence-electron chi connectivity index (χ2n) is 3.29. The number of allylic oxidation sites excluding steroid dienone is 2. The molecule has 0 atom stereocenters. The third-order valence-electron chi connectivity index (χ3n) is 1.57.